The quantitative estimate of drug-likeness (QED) is 0.550. The van der Waals surface area contributed by atoms with Crippen LogP contribution in [0.5, 0.6) is 0 Å². The van der Waals surface area contributed by atoms with Gasteiger partial charge >= 0.3 is 0 Å². The van der Waals surface area contributed by atoms with Gasteiger partial charge in [-0.05, 0) is 53.9 Å². The Labute approximate surface area is 193 Å². The summed E-state index contributed by atoms with van der Waals surface area (Å²) in [6.07, 6.45) is 9.16. The van der Waals surface area contributed by atoms with Gasteiger partial charge in [-0.3, -0.25) is 0 Å². The number of aliphatic hydroxyl groups excluding tert-OH is 1. The van der Waals surface area contributed by atoms with Crippen molar-refractivity contribution in [1.29, 1.82) is 0 Å². The Balaban J connectivity index is 1.43. The second kappa shape index (κ2) is 8.83. The molecule has 1 saturated heterocycles. The highest BCUT2D eigenvalue weighted by molar-refractivity contribution is 7.98. The van der Waals surface area contributed by atoms with Gasteiger partial charge in [0.25, 0.3) is 0 Å². The number of nitrogens with one attached hydrogen (secondary N) is 1. The molecule has 1 aliphatic carbocycles. The average molecular weight is 451 g/mol. The van der Waals surface area contributed by atoms with E-state index in [0.29, 0.717) is 5.92 Å². The maximum Gasteiger partial charge on any atom is 0.138 e. The second-order valence-electron chi connectivity index (χ2n) is 9.28. The van der Waals surface area contributed by atoms with Crippen LogP contribution in [0, 0.1) is 5.92 Å². The van der Waals surface area contributed by atoms with Gasteiger partial charge in [0.1, 0.15) is 23.3 Å². The van der Waals surface area contributed by atoms with E-state index >= 15 is 0 Å². The molecule has 0 aromatic carbocycles. The fourth-order valence-electron chi connectivity index (χ4n) is 4.58. The molecule has 0 radical (unpaired) electrons. The Morgan fingerprint density at radius 2 is 1.94 bits per heavy atom. The Bertz CT molecular complexity index is 1110. The third-order valence-electron chi connectivity index (χ3n) is 6.47. The van der Waals surface area contributed by atoms with Crippen LogP contribution in [0.3, 0.4) is 0 Å². The van der Waals surface area contributed by atoms with Crippen LogP contribution in [0.2, 0.25) is 0 Å². The van der Waals surface area contributed by atoms with Crippen LogP contribution in [-0.4, -0.2) is 56.2 Å². The first-order valence-electron chi connectivity index (χ1n) is 11.3. The number of rotatable bonds is 7. The molecule has 0 atom stereocenters. The average Bonchev–Trinajstić information content (AvgIpc) is 2.73. The first-order chi connectivity index (χ1) is 15.5. The third-order valence-corrected chi connectivity index (χ3v) is 7.28. The highest BCUT2D eigenvalue weighted by Crippen LogP contribution is 2.37. The molecule has 5 rings (SSSR count). The molecular formula is C24H30N6OS. The minimum Gasteiger partial charge on any atom is -0.393 e. The van der Waals surface area contributed by atoms with Crippen molar-refractivity contribution < 1.29 is 5.11 Å². The monoisotopic (exact) mass is 450 g/mol. The maximum absolute atomic E-state index is 9.59. The van der Waals surface area contributed by atoms with Gasteiger partial charge in [0.15, 0.2) is 0 Å². The SMILES string of the molecule is CSCC1CN(c2ncc(C(C)C)c3cc(Nc4ccnc(C5CC(O)C5)n4)ncc23)C1. The van der Waals surface area contributed by atoms with Gasteiger partial charge in [0, 0.05) is 48.9 Å². The van der Waals surface area contributed by atoms with Crippen LogP contribution in [-0.2, 0) is 0 Å². The molecule has 0 amide bonds. The number of thioether (sulfide) groups is 1. The van der Waals surface area contributed by atoms with E-state index in [-0.39, 0.29) is 12.0 Å². The largest absolute Gasteiger partial charge is 0.393 e. The van der Waals surface area contributed by atoms with E-state index in [2.05, 4.69) is 46.4 Å². The van der Waals surface area contributed by atoms with Crippen LogP contribution < -0.4 is 10.2 Å². The fourth-order valence-corrected chi connectivity index (χ4v) is 5.26. The summed E-state index contributed by atoms with van der Waals surface area (Å²) in [7, 11) is 0. The van der Waals surface area contributed by atoms with Gasteiger partial charge in [-0.2, -0.15) is 11.8 Å². The number of pyridine rings is 2. The van der Waals surface area contributed by atoms with Gasteiger partial charge < -0.3 is 15.3 Å². The zero-order valence-electron chi connectivity index (χ0n) is 18.8. The number of hydrogen-bond acceptors (Lipinski definition) is 8. The summed E-state index contributed by atoms with van der Waals surface area (Å²) in [5.74, 6) is 5.86. The number of fused-ring (bicyclic) bond motifs is 1. The van der Waals surface area contributed by atoms with Crippen LogP contribution in [0.15, 0.2) is 30.7 Å². The molecule has 2 fully saturated rings. The van der Waals surface area contributed by atoms with Crippen LogP contribution in [0.4, 0.5) is 17.5 Å². The predicted octanol–water partition coefficient (Wildman–Crippen LogP) is 4.32. The normalized spacial score (nSPS) is 21.0. The van der Waals surface area contributed by atoms with E-state index < -0.39 is 0 Å². The number of anilines is 3. The topological polar surface area (TPSA) is 87.1 Å². The number of nitrogens with zero attached hydrogens (tertiary/aromatic N) is 5. The van der Waals surface area contributed by atoms with E-state index in [1.165, 1.54) is 16.7 Å². The number of aromatic nitrogens is 4. The van der Waals surface area contributed by atoms with Gasteiger partial charge in [0.2, 0.25) is 0 Å². The molecule has 0 spiro atoms. The summed E-state index contributed by atoms with van der Waals surface area (Å²) in [5, 5.41) is 15.2. The second-order valence-corrected chi connectivity index (χ2v) is 10.2. The third kappa shape index (κ3) is 4.13. The molecule has 2 N–H and O–H groups in total. The Morgan fingerprint density at radius 3 is 2.66 bits per heavy atom. The van der Waals surface area contributed by atoms with Crippen molar-refractivity contribution in [3.63, 3.8) is 0 Å². The molecule has 8 heteroatoms. The van der Waals surface area contributed by atoms with Gasteiger partial charge in [-0.25, -0.2) is 19.9 Å². The molecule has 0 bridgehead atoms. The van der Waals surface area contributed by atoms with Crippen molar-refractivity contribution in [2.24, 2.45) is 5.92 Å². The first-order valence-corrected chi connectivity index (χ1v) is 12.7. The zero-order chi connectivity index (χ0) is 22.2. The lowest BCUT2D eigenvalue weighted by molar-refractivity contribution is 0.0717. The molecule has 3 aromatic rings. The minimum absolute atomic E-state index is 0.220. The van der Waals surface area contributed by atoms with E-state index in [1.54, 1.807) is 6.20 Å². The van der Waals surface area contributed by atoms with Crippen molar-refractivity contribution in [2.75, 3.05) is 35.3 Å². The smallest absolute Gasteiger partial charge is 0.138 e. The minimum atomic E-state index is -0.220. The molecule has 2 aliphatic rings. The summed E-state index contributed by atoms with van der Waals surface area (Å²) in [6.45, 7) is 6.52. The summed E-state index contributed by atoms with van der Waals surface area (Å²) in [5.41, 5.74) is 1.22. The lowest BCUT2D eigenvalue weighted by Crippen LogP contribution is -2.48. The highest BCUT2D eigenvalue weighted by Gasteiger charge is 2.31. The standard InChI is InChI=1S/C24H30N6OS/c1-14(2)19-9-27-24(30-11-15(12-30)13-32-3)20-10-26-22(8-18(19)20)28-21-4-5-25-23(29-21)16-6-17(31)7-16/h4-5,8-10,14-17,31H,6-7,11-13H2,1-3H3,(H,25,26,28,29). The van der Waals surface area contributed by atoms with E-state index in [1.807, 2.05) is 30.2 Å². The predicted molar refractivity (Wildman–Crippen MR) is 131 cm³/mol. The van der Waals surface area contributed by atoms with Crippen molar-refractivity contribution >= 4 is 40.0 Å². The molecule has 1 aliphatic heterocycles. The molecule has 168 valence electrons. The van der Waals surface area contributed by atoms with Crippen molar-refractivity contribution in [1.82, 2.24) is 19.9 Å². The van der Waals surface area contributed by atoms with Crippen LogP contribution in [0.25, 0.3) is 10.8 Å². The first kappa shape index (κ1) is 21.4. The molecule has 0 unspecified atom stereocenters. The number of aliphatic hydroxyl groups is 1. The van der Waals surface area contributed by atoms with Gasteiger partial charge in [0.05, 0.1) is 6.10 Å². The Morgan fingerprint density at radius 1 is 1.12 bits per heavy atom. The zero-order valence-corrected chi connectivity index (χ0v) is 19.6. The van der Waals surface area contributed by atoms with Crippen LogP contribution >= 0.6 is 11.8 Å². The van der Waals surface area contributed by atoms with Crippen LogP contribution in [0.1, 0.15) is 49.9 Å². The summed E-state index contributed by atoms with van der Waals surface area (Å²) < 4.78 is 0. The summed E-state index contributed by atoms with van der Waals surface area (Å²) >= 11 is 1.91. The van der Waals surface area contributed by atoms with Crippen molar-refractivity contribution in [3.8, 4) is 0 Å². The van der Waals surface area contributed by atoms with Gasteiger partial charge in [-0.1, -0.05) is 13.8 Å². The molecule has 1 saturated carbocycles. The molecule has 7 nitrogen and oxygen atoms in total. The summed E-state index contributed by atoms with van der Waals surface area (Å²) in [4.78, 5) is 20.9. The lowest BCUT2D eigenvalue weighted by Gasteiger charge is -2.40. The molecule has 4 heterocycles. The molecule has 32 heavy (non-hydrogen) atoms. The Hall–Kier alpha value is -2.45. The fraction of sp³-hybridized carbons (Fsp3) is 0.500. The van der Waals surface area contributed by atoms with Gasteiger partial charge in [-0.15, -0.1) is 0 Å². The maximum atomic E-state index is 9.59. The van der Waals surface area contributed by atoms with Crippen molar-refractivity contribution in [3.05, 3.63) is 42.1 Å². The summed E-state index contributed by atoms with van der Waals surface area (Å²) in [6, 6.07) is 3.97. The number of hydrogen-bond donors (Lipinski definition) is 2. The van der Waals surface area contributed by atoms with E-state index in [4.69, 9.17) is 9.97 Å². The Kier molecular flexibility index (Phi) is 5.90. The lowest BCUT2D eigenvalue weighted by atomic mass is 9.82. The molecular weight excluding hydrogens is 420 g/mol. The van der Waals surface area contributed by atoms with E-state index in [0.717, 1.165) is 60.5 Å². The molecule has 3 aromatic heterocycles. The van der Waals surface area contributed by atoms with Crippen molar-refractivity contribution in [2.45, 2.75) is 44.6 Å². The highest BCUT2D eigenvalue weighted by atomic mass is 32.2. The van der Waals surface area contributed by atoms with E-state index in [9.17, 15) is 5.11 Å².